The van der Waals surface area contributed by atoms with Gasteiger partial charge in [0.15, 0.2) is 5.79 Å². The number of rotatable bonds is 7. The highest BCUT2D eigenvalue weighted by Crippen LogP contribution is 2.45. The minimum atomic E-state index is -0.778. The van der Waals surface area contributed by atoms with Crippen LogP contribution < -0.4 is 10.6 Å². The van der Waals surface area contributed by atoms with E-state index in [0.717, 1.165) is 41.5 Å². The van der Waals surface area contributed by atoms with Crippen LogP contribution in [0.3, 0.4) is 0 Å². The smallest absolute Gasteiger partial charge is 0.223 e. The van der Waals surface area contributed by atoms with E-state index >= 15 is 0 Å². The predicted molar refractivity (Wildman–Crippen MR) is 148 cm³/mol. The van der Waals surface area contributed by atoms with E-state index in [0.29, 0.717) is 30.5 Å². The SMILES string of the molecule is Cc1cc(C)nc(NCC(O)CO)n1.Cc1cc(C)nc(NCC2COC3(CCC(C(C)(C)C)CC3)O2)n1. The number of aliphatic hydroxyl groups excluding tert-OH is 2. The number of aryl methyl sites for hydroxylation is 4. The number of aliphatic hydroxyl groups is 2. The van der Waals surface area contributed by atoms with E-state index in [4.69, 9.17) is 19.7 Å². The van der Waals surface area contributed by atoms with Gasteiger partial charge in [-0.3, -0.25) is 0 Å². The van der Waals surface area contributed by atoms with Crippen LogP contribution in [0.5, 0.6) is 0 Å². The van der Waals surface area contributed by atoms with Gasteiger partial charge in [-0.05, 0) is 64.0 Å². The maximum Gasteiger partial charge on any atom is 0.223 e. The second-order valence-corrected chi connectivity index (χ2v) is 11.6. The highest BCUT2D eigenvalue weighted by molar-refractivity contribution is 5.28. The molecule has 3 heterocycles. The molecule has 1 aliphatic carbocycles. The number of hydrogen-bond donors (Lipinski definition) is 4. The third-order valence-electron chi connectivity index (χ3n) is 7.04. The summed E-state index contributed by atoms with van der Waals surface area (Å²) in [5.41, 5.74) is 4.08. The molecule has 38 heavy (non-hydrogen) atoms. The lowest BCUT2D eigenvalue weighted by molar-refractivity contribution is -0.195. The molecule has 1 spiro atoms. The maximum absolute atomic E-state index is 9.09. The molecule has 1 aliphatic heterocycles. The normalized spacial score (nSPS) is 24.0. The summed E-state index contributed by atoms with van der Waals surface area (Å²) < 4.78 is 12.4. The van der Waals surface area contributed by atoms with Gasteiger partial charge in [0.2, 0.25) is 11.9 Å². The van der Waals surface area contributed by atoms with Crippen molar-refractivity contribution in [3.8, 4) is 0 Å². The first-order valence-corrected chi connectivity index (χ1v) is 13.6. The standard InChI is InChI=1S/C19H31N3O2.C9H15N3O2/c1-13-10-14(2)22-17(21-13)20-11-16-12-23-19(24-16)8-6-15(7-9-19)18(3,4)5;1-6-3-7(2)12-9(11-6)10-4-8(14)5-13/h10,15-16H,6-9,11-12H2,1-5H3,(H,20,21,22);3,8,13-14H,4-5H2,1-2H3,(H,10,11,12). The summed E-state index contributed by atoms with van der Waals surface area (Å²) in [7, 11) is 0. The Morgan fingerprint density at radius 1 is 0.921 bits per heavy atom. The zero-order valence-corrected chi connectivity index (χ0v) is 24.0. The predicted octanol–water partition coefficient (Wildman–Crippen LogP) is 3.71. The van der Waals surface area contributed by atoms with E-state index in [2.05, 4.69) is 51.3 Å². The fourth-order valence-corrected chi connectivity index (χ4v) is 4.99. The van der Waals surface area contributed by atoms with E-state index in [-0.39, 0.29) is 25.0 Å². The number of anilines is 2. The zero-order chi connectivity index (χ0) is 27.9. The van der Waals surface area contributed by atoms with Crippen molar-refractivity contribution in [2.24, 2.45) is 11.3 Å². The lowest BCUT2D eigenvalue weighted by Crippen LogP contribution is -2.39. The lowest BCUT2D eigenvalue weighted by Gasteiger charge is -2.41. The monoisotopic (exact) mass is 530 g/mol. The molecule has 0 bridgehead atoms. The topological polar surface area (TPSA) is 135 Å². The van der Waals surface area contributed by atoms with E-state index in [9.17, 15) is 0 Å². The van der Waals surface area contributed by atoms with Crippen LogP contribution in [0.1, 0.15) is 69.2 Å². The molecule has 1 saturated heterocycles. The molecule has 2 unspecified atom stereocenters. The van der Waals surface area contributed by atoms with Crippen LogP contribution in [0.15, 0.2) is 12.1 Å². The average Bonchev–Trinajstić information content (AvgIpc) is 3.22. The summed E-state index contributed by atoms with van der Waals surface area (Å²) >= 11 is 0. The van der Waals surface area contributed by atoms with Gasteiger partial charge in [0, 0.05) is 48.7 Å². The molecule has 0 amide bonds. The van der Waals surface area contributed by atoms with Gasteiger partial charge < -0.3 is 30.3 Å². The Balaban J connectivity index is 0.000000244. The van der Waals surface area contributed by atoms with Gasteiger partial charge >= 0.3 is 0 Å². The van der Waals surface area contributed by atoms with E-state index in [1.54, 1.807) is 0 Å². The molecule has 2 fully saturated rings. The van der Waals surface area contributed by atoms with Crippen LogP contribution in [0, 0.1) is 39.0 Å². The van der Waals surface area contributed by atoms with Gasteiger partial charge in [-0.1, -0.05) is 20.8 Å². The fraction of sp³-hybridized carbons (Fsp3) is 0.714. The summed E-state index contributed by atoms with van der Waals surface area (Å²) in [4.78, 5) is 17.1. The Hall–Kier alpha value is -2.40. The summed E-state index contributed by atoms with van der Waals surface area (Å²) in [6.07, 6.45) is 3.67. The van der Waals surface area contributed by atoms with Crippen LogP contribution in [0.25, 0.3) is 0 Å². The maximum atomic E-state index is 9.09. The molecule has 2 aromatic rings. The fourth-order valence-electron chi connectivity index (χ4n) is 4.99. The first-order valence-electron chi connectivity index (χ1n) is 13.6. The van der Waals surface area contributed by atoms with Crippen molar-refractivity contribution in [2.45, 2.75) is 92.1 Å². The number of aromatic nitrogens is 4. The Morgan fingerprint density at radius 2 is 1.42 bits per heavy atom. The second kappa shape index (κ2) is 13.1. The molecule has 212 valence electrons. The molecule has 4 N–H and O–H groups in total. The van der Waals surface area contributed by atoms with Gasteiger partial charge in [0.05, 0.1) is 19.3 Å². The number of nitrogens with one attached hydrogen (secondary N) is 2. The number of nitrogens with zero attached hydrogens (tertiary/aromatic N) is 4. The van der Waals surface area contributed by atoms with Crippen molar-refractivity contribution >= 4 is 11.9 Å². The third kappa shape index (κ3) is 9.11. The number of ether oxygens (including phenoxy) is 2. The first kappa shape index (κ1) is 30.1. The second-order valence-electron chi connectivity index (χ2n) is 11.6. The molecule has 10 nitrogen and oxygen atoms in total. The van der Waals surface area contributed by atoms with Gasteiger partial charge in [-0.25, -0.2) is 19.9 Å². The number of hydrogen-bond acceptors (Lipinski definition) is 10. The van der Waals surface area contributed by atoms with Crippen LogP contribution in [-0.4, -0.2) is 74.4 Å². The van der Waals surface area contributed by atoms with E-state index < -0.39 is 6.10 Å². The average molecular weight is 531 g/mol. The van der Waals surface area contributed by atoms with Gasteiger partial charge in [0.25, 0.3) is 0 Å². The summed E-state index contributed by atoms with van der Waals surface area (Å²) in [6.45, 7) is 16.1. The Bertz CT molecular complexity index is 996. The van der Waals surface area contributed by atoms with Crippen molar-refractivity contribution in [3.05, 3.63) is 34.9 Å². The highest BCUT2D eigenvalue weighted by Gasteiger charge is 2.45. The third-order valence-corrected chi connectivity index (χ3v) is 7.04. The highest BCUT2D eigenvalue weighted by atomic mass is 16.7. The summed E-state index contributed by atoms with van der Waals surface area (Å²) in [6, 6.07) is 3.84. The van der Waals surface area contributed by atoms with Crippen molar-refractivity contribution in [1.29, 1.82) is 0 Å². The van der Waals surface area contributed by atoms with Crippen LogP contribution >= 0.6 is 0 Å². The summed E-state index contributed by atoms with van der Waals surface area (Å²) in [5, 5.41) is 23.8. The summed E-state index contributed by atoms with van der Waals surface area (Å²) in [5.74, 6) is 1.57. The molecule has 0 aromatic carbocycles. The molecule has 2 atom stereocenters. The van der Waals surface area contributed by atoms with Crippen molar-refractivity contribution in [2.75, 3.05) is 36.9 Å². The largest absolute Gasteiger partial charge is 0.394 e. The van der Waals surface area contributed by atoms with Gasteiger partial charge in [0.1, 0.15) is 6.10 Å². The Morgan fingerprint density at radius 3 is 1.89 bits per heavy atom. The quantitative estimate of drug-likeness (QED) is 0.420. The molecule has 10 heteroatoms. The first-order chi connectivity index (χ1) is 17.9. The van der Waals surface area contributed by atoms with Crippen LogP contribution in [-0.2, 0) is 9.47 Å². The van der Waals surface area contributed by atoms with E-state index in [1.165, 1.54) is 12.8 Å². The van der Waals surface area contributed by atoms with Crippen molar-refractivity contribution in [1.82, 2.24) is 19.9 Å². The molecule has 4 rings (SSSR count). The van der Waals surface area contributed by atoms with Gasteiger partial charge in [-0.2, -0.15) is 0 Å². The zero-order valence-electron chi connectivity index (χ0n) is 24.0. The Kier molecular flexibility index (Phi) is 10.4. The lowest BCUT2D eigenvalue weighted by atomic mass is 9.71. The van der Waals surface area contributed by atoms with Crippen LogP contribution in [0.2, 0.25) is 0 Å². The van der Waals surface area contributed by atoms with Crippen molar-refractivity contribution in [3.63, 3.8) is 0 Å². The van der Waals surface area contributed by atoms with Crippen molar-refractivity contribution < 1.29 is 19.7 Å². The molecule has 2 aliphatic rings. The molecular formula is C28H46N6O4. The van der Waals surface area contributed by atoms with Crippen LogP contribution in [0.4, 0.5) is 11.9 Å². The van der Waals surface area contributed by atoms with E-state index in [1.807, 2.05) is 39.8 Å². The molecule has 2 aromatic heterocycles. The molecule has 1 saturated carbocycles. The van der Waals surface area contributed by atoms with Gasteiger partial charge in [-0.15, -0.1) is 0 Å². The molecule has 0 radical (unpaired) electrons. The molecular weight excluding hydrogens is 484 g/mol. The minimum Gasteiger partial charge on any atom is -0.394 e. The Labute approximate surface area is 227 Å². The minimum absolute atomic E-state index is 0.0700.